The van der Waals surface area contributed by atoms with Gasteiger partial charge in [0.1, 0.15) is 0 Å². The first-order chi connectivity index (χ1) is 8.24. The summed E-state index contributed by atoms with van der Waals surface area (Å²) in [5, 5.41) is 3.53. The molecule has 1 aliphatic carbocycles. The van der Waals surface area contributed by atoms with E-state index in [1.807, 2.05) is 12.1 Å². The lowest BCUT2D eigenvalue weighted by atomic mass is 10.1. The van der Waals surface area contributed by atoms with Gasteiger partial charge in [-0.3, -0.25) is 0 Å². The maximum atomic E-state index is 6.07. The summed E-state index contributed by atoms with van der Waals surface area (Å²) < 4.78 is 10.7. The molecule has 2 atom stereocenters. The van der Waals surface area contributed by atoms with Crippen molar-refractivity contribution < 1.29 is 9.47 Å². The zero-order chi connectivity index (χ0) is 11.8. The molecule has 2 aliphatic rings. The molecule has 3 N–H and O–H groups in total. The van der Waals surface area contributed by atoms with E-state index in [4.69, 9.17) is 15.2 Å². The van der Waals surface area contributed by atoms with Gasteiger partial charge in [-0.05, 0) is 37.8 Å². The smallest absolute Gasteiger partial charge is 0.231 e. The molecule has 1 aliphatic heterocycles. The van der Waals surface area contributed by atoms with E-state index < -0.39 is 0 Å². The highest BCUT2D eigenvalue weighted by Crippen LogP contribution is 2.37. The third-order valence-electron chi connectivity index (χ3n) is 3.63. The van der Waals surface area contributed by atoms with Crippen molar-refractivity contribution in [3.63, 3.8) is 0 Å². The molecule has 1 heterocycles. The standard InChI is InChI=1S/C13H18N2O2/c1-8-5-12-13(17-7-16-12)6-11(8)15-10-4-2-3-9(10)14/h5-6,9-10,15H,2-4,7,14H2,1H3. The Morgan fingerprint density at radius 2 is 2.00 bits per heavy atom. The van der Waals surface area contributed by atoms with Crippen LogP contribution in [0.5, 0.6) is 11.5 Å². The van der Waals surface area contributed by atoms with Crippen LogP contribution < -0.4 is 20.5 Å². The second-order valence-electron chi connectivity index (χ2n) is 4.87. The van der Waals surface area contributed by atoms with Gasteiger partial charge in [0.2, 0.25) is 6.79 Å². The summed E-state index contributed by atoms with van der Waals surface area (Å²) in [6.45, 7) is 2.39. The Balaban J connectivity index is 1.83. The normalized spacial score (nSPS) is 26.2. The summed E-state index contributed by atoms with van der Waals surface area (Å²) in [4.78, 5) is 0. The zero-order valence-corrected chi connectivity index (χ0v) is 10.0. The van der Waals surface area contributed by atoms with Crippen LogP contribution in [0.1, 0.15) is 24.8 Å². The third-order valence-corrected chi connectivity index (χ3v) is 3.63. The molecule has 1 aromatic rings. The quantitative estimate of drug-likeness (QED) is 0.822. The highest BCUT2D eigenvalue weighted by molar-refractivity contribution is 5.61. The first kappa shape index (κ1) is 10.7. The molecule has 0 spiro atoms. The molecule has 1 fully saturated rings. The first-order valence-corrected chi connectivity index (χ1v) is 6.16. The van der Waals surface area contributed by atoms with Crippen LogP contribution in [0.3, 0.4) is 0 Å². The number of aryl methyl sites for hydroxylation is 1. The maximum absolute atomic E-state index is 6.07. The summed E-state index contributed by atoms with van der Waals surface area (Å²) in [6.07, 6.45) is 3.47. The Bertz CT molecular complexity index is 434. The monoisotopic (exact) mass is 234 g/mol. The summed E-state index contributed by atoms with van der Waals surface area (Å²) in [5.41, 5.74) is 8.35. The molecule has 17 heavy (non-hydrogen) atoms. The number of hydrogen-bond donors (Lipinski definition) is 2. The first-order valence-electron chi connectivity index (χ1n) is 6.16. The SMILES string of the molecule is Cc1cc2c(cc1NC1CCCC1N)OCO2. The van der Waals surface area contributed by atoms with Crippen molar-refractivity contribution in [3.05, 3.63) is 17.7 Å². The Hall–Kier alpha value is -1.42. The Morgan fingerprint density at radius 1 is 1.24 bits per heavy atom. The van der Waals surface area contributed by atoms with E-state index >= 15 is 0 Å². The minimum atomic E-state index is 0.264. The summed E-state index contributed by atoms with van der Waals surface area (Å²) in [6, 6.07) is 4.68. The van der Waals surface area contributed by atoms with Crippen LogP contribution in [-0.2, 0) is 0 Å². The highest BCUT2D eigenvalue weighted by atomic mass is 16.7. The number of benzene rings is 1. The Morgan fingerprint density at radius 3 is 2.71 bits per heavy atom. The minimum absolute atomic E-state index is 0.264. The lowest BCUT2D eigenvalue weighted by molar-refractivity contribution is 0.174. The van der Waals surface area contributed by atoms with Crippen LogP contribution >= 0.6 is 0 Å². The van der Waals surface area contributed by atoms with Crippen molar-refractivity contribution >= 4 is 5.69 Å². The molecule has 0 saturated heterocycles. The van der Waals surface area contributed by atoms with Crippen LogP contribution in [0, 0.1) is 6.92 Å². The summed E-state index contributed by atoms with van der Waals surface area (Å²) in [5.74, 6) is 1.66. The van der Waals surface area contributed by atoms with Gasteiger partial charge < -0.3 is 20.5 Å². The van der Waals surface area contributed by atoms with E-state index in [1.54, 1.807) is 0 Å². The van der Waals surface area contributed by atoms with E-state index in [0.717, 1.165) is 30.0 Å². The largest absolute Gasteiger partial charge is 0.454 e. The predicted molar refractivity (Wildman–Crippen MR) is 66.5 cm³/mol. The van der Waals surface area contributed by atoms with E-state index in [0.29, 0.717) is 12.8 Å². The van der Waals surface area contributed by atoms with E-state index in [1.165, 1.54) is 12.0 Å². The van der Waals surface area contributed by atoms with Crippen molar-refractivity contribution in [2.75, 3.05) is 12.1 Å². The van der Waals surface area contributed by atoms with Crippen LogP contribution in [0.4, 0.5) is 5.69 Å². The Kier molecular flexibility index (Phi) is 2.59. The lowest BCUT2D eigenvalue weighted by Gasteiger charge is -2.20. The Labute approximate surface area is 101 Å². The van der Waals surface area contributed by atoms with Gasteiger partial charge in [0.25, 0.3) is 0 Å². The second kappa shape index (κ2) is 4.11. The molecular formula is C13H18N2O2. The molecule has 0 radical (unpaired) electrons. The van der Waals surface area contributed by atoms with E-state index in [9.17, 15) is 0 Å². The number of rotatable bonds is 2. The molecule has 4 heteroatoms. The number of fused-ring (bicyclic) bond motifs is 1. The number of nitrogens with one attached hydrogen (secondary N) is 1. The van der Waals surface area contributed by atoms with Gasteiger partial charge in [-0.2, -0.15) is 0 Å². The maximum Gasteiger partial charge on any atom is 0.231 e. The fourth-order valence-corrected chi connectivity index (χ4v) is 2.57. The highest BCUT2D eigenvalue weighted by Gasteiger charge is 2.25. The molecule has 0 amide bonds. The van der Waals surface area contributed by atoms with Gasteiger partial charge in [-0.25, -0.2) is 0 Å². The lowest BCUT2D eigenvalue weighted by Crippen LogP contribution is -2.35. The molecule has 4 nitrogen and oxygen atoms in total. The van der Waals surface area contributed by atoms with Crippen molar-refractivity contribution in [1.29, 1.82) is 0 Å². The molecule has 92 valence electrons. The van der Waals surface area contributed by atoms with E-state index in [-0.39, 0.29) is 6.04 Å². The van der Waals surface area contributed by atoms with Gasteiger partial charge in [0, 0.05) is 23.8 Å². The van der Waals surface area contributed by atoms with Gasteiger partial charge in [-0.1, -0.05) is 0 Å². The topological polar surface area (TPSA) is 56.5 Å². The van der Waals surface area contributed by atoms with Gasteiger partial charge >= 0.3 is 0 Å². The van der Waals surface area contributed by atoms with Gasteiger partial charge in [-0.15, -0.1) is 0 Å². The third kappa shape index (κ3) is 1.93. The number of nitrogens with two attached hydrogens (primary N) is 1. The van der Waals surface area contributed by atoms with Crippen molar-refractivity contribution in [2.24, 2.45) is 5.73 Å². The average molecular weight is 234 g/mol. The van der Waals surface area contributed by atoms with Crippen LogP contribution in [-0.4, -0.2) is 18.9 Å². The molecule has 2 unspecified atom stereocenters. The van der Waals surface area contributed by atoms with E-state index in [2.05, 4.69) is 12.2 Å². The second-order valence-corrected chi connectivity index (χ2v) is 4.87. The predicted octanol–water partition coefficient (Wildman–Crippen LogP) is 2.02. The summed E-state index contributed by atoms with van der Waals surface area (Å²) >= 11 is 0. The van der Waals surface area contributed by atoms with Crippen LogP contribution in [0.2, 0.25) is 0 Å². The van der Waals surface area contributed by atoms with Crippen molar-refractivity contribution in [1.82, 2.24) is 0 Å². The summed E-state index contributed by atoms with van der Waals surface area (Å²) in [7, 11) is 0. The van der Waals surface area contributed by atoms with Gasteiger partial charge in [0.15, 0.2) is 11.5 Å². The number of hydrogen-bond acceptors (Lipinski definition) is 4. The van der Waals surface area contributed by atoms with Crippen LogP contribution in [0.15, 0.2) is 12.1 Å². The molecule has 3 rings (SSSR count). The van der Waals surface area contributed by atoms with Crippen LogP contribution in [0.25, 0.3) is 0 Å². The molecule has 1 aromatic carbocycles. The van der Waals surface area contributed by atoms with Gasteiger partial charge in [0.05, 0.1) is 0 Å². The molecule has 1 saturated carbocycles. The van der Waals surface area contributed by atoms with Crippen molar-refractivity contribution in [3.8, 4) is 11.5 Å². The fourth-order valence-electron chi connectivity index (χ4n) is 2.57. The van der Waals surface area contributed by atoms with Crippen molar-refractivity contribution in [2.45, 2.75) is 38.3 Å². The fraction of sp³-hybridized carbons (Fsp3) is 0.538. The number of anilines is 1. The molecule has 0 bridgehead atoms. The molecular weight excluding hydrogens is 216 g/mol. The molecule has 0 aromatic heterocycles. The minimum Gasteiger partial charge on any atom is -0.454 e. The average Bonchev–Trinajstić information content (AvgIpc) is 2.89. The number of ether oxygens (including phenoxy) is 2. The zero-order valence-electron chi connectivity index (χ0n) is 10.0.